The van der Waals surface area contributed by atoms with Gasteiger partial charge in [-0.15, -0.1) is 0 Å². The number of unbranched alkanes of at least 4 members (excludes halogenated alkanes) is 8. The fourth-order valence-corrected chi connectivity index (χ4v) is 15.8. The molecule has 0 radical (unpaired) electrons. The third-order valence-electron chi connectivity index (χ3n) is 22.1. The molecule has 4 aliphatic carbocycles. The number of aliphatic hydroxyl groups excluding tert-OH is 12. The maximum Gasteiger partial charge on any atom is 0.305 e. The van der Waals surface area contributed by atoms with Crippen molar-refractivity contribution in [1.29, 1.82) is 0 Å². The second-order valence-corrected chi connectivity index (χ2v) is 29.0. The van der Waals surface area contributed by atoms with Gasteiger partial charge in [0.25, 0.3) is 5.69 Å². The van der Waals surface area contributed by atoms with Gasteiger partial charge in [0, 0.05) is 38.1 Å². The fourth-order valence-electron chi connectivity index (χ4n) is 15.8. The van der Waals surface area contributed by atoms with E-state index in [-0.39, 0.29) is 23.1 Å². The zero-order chi connectivity index (χ0) is 78.0. The lowest BCUT2D eigenvalue weighted by Crippen LogP contribution is -2.70. The first-order valence-corrected chi connectivity index (χ1v) is 38.3. The zero-order valence-corrected chi connectivity index (χ0v) is 63.3. The molecule has 4 saturated carbocycles. The van der Waals surface area contributed by atoms with E-state index in [1.807, 2.05) is 0 Å². The van der Waals surface area contributed by atoms with Crippen LogP contribution in [0.5, 0.6) is 0 Å². The van der Waals surface area contributed by atoms with Gasteiger partial charge < -0.3 is 144 Å². The van der Waals surface area contributed by atoms with Crippen molar-refractivity contribution in [3.63, 3.8) is 0 Å². The molecule has 2 spiro atoms. The molecule has 9 aliphatic rings. The van der Waals surface area contributed by atoms with Crippen LogP contribution in [0, 0.1) is 39.0 Å². The van der Waals surface area contributed by atoms with E-state index in [4.69, 9.17) is 67.8 Å². The number of quaternary nitrogens is 1. The van der Waals surface area contributed by atoms with Crippen LogP contribution < -0.4 is 5.48 Å². The largest absolute Gasteiger partial charge is 0.630 e. The molecular formula is C74H124N4O30. The molecule has 0 aromatic heterocycles. The van der Waals surface area contributed by atoms with Gasteiger partial charge in [0.1, 0.15) is 65.7 Å². The maximum atomic E-state index is 11.0. The number of nitrogens with two attached hydrogens (primary N) is 1. The highest BCUT2D eigenvalue weighted by Crippen LogP contribution is 2.62. The predicted molar refractivity (Wildman–Crippen MR) is 382 cm³/mol. The molecule has 4 bridgehead atoms. The Balaban J connectivity index is 0.000000215. The van der Waals surface area contributed by atoms with E-state index in [1.165, 1.54) is 51.3 Å². The average Bonchev–Trinajstić information content (AvgIpc) is 1.53. The Kier molecular flexibility index (Phi) is 39.6. The van der Waals surface area contributed by atoms with E-state index in [2.05, 4.69) is 47.0 Å². The molecule has 5 aliphatic heterocycles. The van der Waals surface area contributed by atoms with E-state index >= 15 is 0 Å². The highest BCUT2D eigenvalue weighted by molar-refractivity contribution is 5.69. The monoisotopic (exact) mass is 1550 g/mol. The molecular weight excluding hydrogens is 1420 g/mol. The molecule has 11 rings (SSSR count). The minimum absolute atomic E-state index is 0. The summed E-state index contributed by atoms with van der Waals surface area (Å²) in [6.07, 6.45) is 3.23. The Morgan fingerprint density at radius 1 is 0.481 bits per heavy atom. The standard InChI is InChI=1S/C22H40O8.C16H16N2O7.C16H24O4.C14H30N2O4.C6H12O6.H2O/c1-27-19(23)15-11-7-3-5-9-13-17-21(25)30-18(22(26)29-17)14-10-6-4-8-12-16-20(24)28-2;19-15-13(9-1-5-11(17-21)6-2-9)24-16(20)14(25-15)10-3-7-12(8-4-10)18(22)23;17-13-15(7-9-1-3-11(15)5-9)19-14(18)16(20-13)8-10-2-4-12(16)6-10;1-5-15(6-2)9-11-13(17)20-12(14(18)19-11)10-16(7-3)8-4;7-1-3-5(9)12-4(2-8)6(10)11-3;/h17-18,21-22,25-26H,3-16H2,1-2H3;1-8,13-16,19-20H,17H2;9-14,17-18H,1-8H2;11-14,17-18H,5-10H2,1-4H3;3-10H,1-2H2;1H2. The number of fused-ring (bicyclic) bond motifs is 6. The van der Waals surface area contributed by atoms with Crippen molar-refractivity contribution in [1.82, 2.24) is 9.80 Å². The van der Waals surface area contributed by atoms with E-state index in [0.29, 0.717) is 84.7 Å². The molecule has 9 fully saturated rings. The van der Waals surface area contributed by atoms with Gasteiger partial charge in [-0.3, -0.25) is 19.7 Å². The Labute approximate surface area is 631 Å². The number of rotatable bonds is 30. The van der Waals surface area contributed by atoms with Crippen molar-refractivity contribution in [2.45, 2.75) is 292 Å². The van der Waals surface area contributed by atoms with Crippen molar-refractivity contribution < 1.29 is 144 Å². The van der Waals surface area contributed by atoms with Gasteiger partial charge in [-0.05, 0) is 162 Å². The number of esters is 2. The summed E-state index contributed by atoms with van der Waals surface area (Å²) in [4.78, 5) is 36.5. The van der Waals surface area contributed by atoms with E-state index in [9.17, 15) is 65.8 Å². The first kappa shape index (κ1) is 92.6. The molecule has 2 aromatic carbocycles. The third-order valence-corrected chi connectivity index (χ3v) is 22.1. The van der Waals surface area contributed by atoms with E-state index < -0.39 is 141 Å². The van der Waals surface area contributed by atoms with Crippen LogP contribution in [-0.2, 0) is 66.4 Å². The highest BCUT2D eigenvalue weighted by atomic mass is 16.8. The van der Waals surface area contributed by atoms with Crippen molar-refractivity contribution in [2.24, 2.45) is 23.7 Å². The fraction of sp³-hybridized carbons (Fsp3) is 0.811. The molecule has 5 saturated heterocycles. The van der Waals surface area contributed by atoms with Gasteiger partial charge in [0.2, 0.25) is 0 Å². The molecule has 2 aromatic rings. The van der Waals surface area contributed by atoms with Crippen LogP contribution in [-0.4, -0.2) is 271 Å². The number of aliphatic hydroxyl groups is 12. The number of carbonyl (C=O) groups excluding carboxylic acids is 2. The number of ether oxygens (including phenoxy) is 12. The van der Waals surface area contributed by atoms with Crippen LogP contribution in [0.15, 0.2) is 48.5 Å². The Morgan fingerprint density at radius 3 is 1.14 bits per heavy atom. The maximum absolute atomic E-state index is 11.0. The topological polar surface area (TPSA) is 508 Å². The van der Waals surface area contributed by atoms with Crippen LogP contribution in [0.25, 0.3) is 0 Å². The molecule has 108 heavy (non-hydrogen) atoms. The summed E-state index contributed by atoms with van der Waals surface area (Å²) in [5, 5.41) is 139. The summed E-state index contributed by atoms with van der Waals surface area (Å²) in [7, 11) is 2.80. The number of non-ortho nitro benzene ring substituents is 1. The van der Waals surface area contributed by atoms with Crippen molar-refractivity contribution in [3.05, 3.63) is 75.0 Å². The number of carbonyl (C=O) groups is 2. The lowest BCUT2D eigenvalue weighted by atomic mass is 9.78. The summed E-state index contributed by atoms with van der Waals surface area (Å²) in [6, 6.07) is 11.7. The van der Waals surface area contributed by atoms with Gasteiger partial charge in [0.15, 0.2) is 62.9 Å². The molecule has 34 nitrogen and oxygen atoms in total. The van der Waals surface area contributed by atoms with Crippen LogP contribution in [0.4, 0.5) is 11.4 Å². The summed E-state index contributed by atoms with van der Waals surface area (Å²) < 4.78 is 64.1. The second kappa shape index (κ2) is 46.2. The number of nitro benzene ring substituents is 1. The first-order chi connectivity index (χ1) is 51.3. The Morgan fingerprint density at radius 2 is 0.815 bits per heavy atom. The Bertz CT molecular complexity index is 2750. The molecule has 5 heterocycles. The van der Waals surface area contributed by atoms with Crippen LogP contribution in [0.1, 0.15) is 192 Å². The van der Waals surface area contributed by atoms with Crippen molar-refractivity contribution in [2.75, 3.05) is 66.7 Å². The van der Waals surface area contributed by atoms with Gasteiger partial charge in [-0.2, -0.15) is 0 Å². The highest BCUT2D eigenvalue weighted by Gasteiger charge is 2.68. The van der Waals surface area contributed by atoms with Crippen LogP contribution in [0.3, 0.4) is 0 Å². The minimum atomic E-state index is -1.37. The summed E-state index contributed by atoms with van der Waals surface area (Å²) in [5.74, 6) is 1.70. The smallest absolute Gasteiger partial charge is 0.305 e. The average molecular weight is 1550 g/mol. The number of methoxy groups -OCH3 is 2. The molecule has 0 amide bonds. The lowest BCUT2D eigenvalue weighted by Gasteiger charge is -2.54. The Hall–Kier alpha value is -4.30. The van der Waals surface area contributed by atoms with Gasteiger partial charge in [0.05, 0.1) is 32.4 Å². The third kappa shape index (κ3) is 25.9. The number of benzene rings is 2. The van der Waals surface area contributed by atoms with Gasteiger partial charge >= 0.3 is 11.9 Å². The number of hydrogen-bond acceptors (Lipinski definition) is 31. The van der Waals surface area contributed by atoms with E-state index in [1.54, 1.807) is 24.3 Å². The predicted octanol–water partition coefficient (Wildman–Crippen LogP) is 2.41. The number of hydrogen-bond donors (Lipinski definition) is 13. The quantitative estimate of drug-likeness (QED) is 0.0176. The number of nitro groups is 1. The second-order valence-electron chi connectivity index (χ2n) is 29.0. The SMILES string of the molecule is CCN(CC)CC1OC(O)C(CN(CC)CC)OC1O.COC(=O)CCCCCCCC1OC(O)C(CCCCCCCC(=O)OC)OC1O.O.O=[N+]([O-])c1ccc(C2OC(O)C(c3ccc([NH2+][O-])cc3)OC2O)cc1.OC1OC2(CC3CCC2C3)C(O)OC12CC1CCC2C1.OCC1OC(O)C(CO)OC1O. The van der Waals surface area contributed by atoms with E-state index in [0.717, 1.165) is 129 Å². The molecule has 24 atom stereocenters. The van der Waals surface area contributed by atoms with Gasteiger partial charge in [-0.1, -0.05) is 91.2 Å². The zero-order valence-electron chi connectivity index (χ0n) is 63.3. The molecule has 34 heteroatoms. The van der Waals surface area contributed by atoms with Crippen LogP contribution >= 0.6 is 0 Å². The first-order valence-electron chi connectivity index (χ1n) is 38.3. The van der Waals surface area contributed by atoms with Crippen molar-refractivity contribution in [3.8, 4) is 0 Å². The number of nitrogens with zero attached hydrogens (tertiary/aromatic N) is 3. The molecule has 24 unspecified atom stereocenters. The number of likely N-dealkylation sites (N-methyl/N-ethyl adjacent to an activating group) is 2. The minimum Gasteiger partial charge on any atom is -0.630 e. The van der Waals surface area contributed by atoms with Crippen molar-refractivity contribution >= 4 is 23.3 Å². The summed E-state index contributed by atoms with van der Waals surface area (Å²) in [5.41, 5.74) is 0.817. The molecule has 620 valence electrons. The summed E-state index contributed by atoms with van der Waals surface area (Å²) >= 11 is 0. The summed E-state index contributed by atoms with van der Waals surface area (Å²) in [6.45, 7) is 11.9. The molecule has 16 N–H and O–H groups in total. The van der Waals surface area contributed by atoms with Crippen LogP contribution in [0.2, 0.25) is 0 Å². The van der Waals surface area contributed by atoms with Gasteiger partial charge in [-0.25, -0.2) is 0 Å². The lowest BCUT2D eigenvalue weighted by molar-refractivity contribution is -0.497. The normalized spacial score (nSPS) is 35.1.